The van der Waals surface area contributed by atoms with Crippen molar-refractivity contribution in [1.29, 1.82) is 0 Å². The molecule has 0 spiro atoms. The first-order valence-corrected chi connectivity index (χ1v) is 4.69. The molecule has 1 aromatic rings. The number of hydrogen-bond donors (Lipinski definition) is 2. The van der Waals surface area contributed by atoms with E-state index in [0.29, 0.717) is 0 Å². The third-order valence-corrected chi connectivity index (χ3v) is 2.97. The van der Waals surface area contributed by atoms with E-state index in [-0.39, 0.29) is 5.92 Å². The molecule has 2 unspecified atom stereocenters. The first-order chi connectivity index (χ1) is 6.23. The third-order valence-electron chi connectivity index (χ3n) is 2.97. The van der Waals surface area contributed by atoms with Gasteiger partial charge in [-0.15, -0.1) is 0 Å². The Bertz CT molecular complexity index is 270. The van der Waals surface area contributed by atoms with Crippen molar-refractivity contribution >= 4 is 0 Å². The smallest absolute Gasteiger partial charge is 0.0976 e. The highest BCUT2D eigenvalue weighted by molar-refractivity contribution is 5.18. The fourth-order valence-corrected chi connectivity index (χ4v) is 1.95. The molecule has 1 aromatic heterocycles. The van der Waals surface area contributed by atoms with Gasteiger partial charge in [-0.3, -0.25) is 0 Å². The molecule has 0 saturated carbocycles. The van der Waals surface area contributed by atoms with Crippen LogP contribution in [0, 0.1) is 5.92 Å². The van der Waals surface area contributed by atoms with Gasteiger partial charge >= 0.3 is 0 Å². The van der Waals surface area contributed by atoms with Gasteiger partial charge in [0.25, 0.3) is 0 Å². The fraction of sp³-hybridized carbons (Fsp3) is 0.600. The Morgan fingerprint density at radius 2 is 2.54 bits per heavy atom. The van der Waals surface area contributed by atoms with Crippen LogP contribution < -0.4 is 5.32 Å². The molecule has 0 amide bonds. The molecule has 1 aliphatic rings. The first kappa shape index (κ1) is 8.78. The minimum absolute atomic E-state index is 0.235. The largest absolute Gasteiger partial charge is 0.472 e. The molecule has 1 aliphatic heterocycles. The number of hydrogen-bond acceptors (Lipinski definition) is 3. The summed E-state index contributed by atoms with van der Waals surface area (Å²) in [7, 11) is 0. The molecule has 3 heteroatoms. The molecule has 2 N–H and O–H groups in total. The average molecular weight is 181 g/mol. The van der Waals surface area contributed by atoms with Crippen molar-refractivity contribution in [2.45, 2.75) is 18.9 Å². The molecular weight excluding hydrogens is 166 g/mol. The molecule has 1 saturated heterocycles. The summed E-state index contributed by atoms with van der Waals surface area (Å²) in [6, 6.07) is 1.85. The van der Waals surface area contributed by atoms with Crippen LogP contribution >= 0.6 is 0 Å². The van der Waals surface area contributed by atoms with Crippen LogP contribution in [0.5, 0.6) is 0 Å². The van der Waals surface area contributed by atoms with Crippen LogP contribution in [-0.4, -0.2) is 18.2 Å². The van der Waals surface area contributed by atoms with Gasteiger partial charge in [-0.2, -0.15) is 0 Å². The average Bonchev–Trinajstić information content (AvgIpc) is 2.63. The van der Waals surface area contributed by atoms with Gasteiger partial charge in [0.2, 0.25) is 0 Å². The van der Waals surface area contributed by atoms with Crippen molar-refractivity contribution in [3.63, 3.8) is 0 Å². The minimum atomic E-state index is -0.696. The van der Waals surface area contributed by atoms with Gasteiger partial charge in [0.1, 0.15) is 0 Å². The number of rotatable bonds is 1. The summed E-state index contributed by atoms with van der Waals surface area (Å²) in [4.78, 5) is 0. The zero-order valence-corrected chi connectivity index (χ0v) is 7.79. The van der Waals surface area contributed by atoms with Crippen LogP contribution in [0.15, 0.2) is 23.0 Å². The second-order valence-corrected chi connectivity index (χ2v) is 3.79. The lowest BCUT2D eigenvalue weighted by Crippen LogP contribution is -2.46. The van der Waals surface area contributed by atoms with Gasteiger partial charge in [-0.1, -0.05) is 6.92 Å². The van der Waals surface area contributed by atoms with E-state index in [0.717, 1.165) is 25.1 Å². The second kappa shape index (κ2) is 3.16. The molecule has 0 bridgehead atoms. The Hall–Kier alpha value is -0.800. The summed E-state index contributed by atoms with van der Waals surface area (Å²) in [5.74, 6) is 0.235. The zero-order chi connectivity index (χ0) is 9.31. The maximum Gasteiger partial charge on any atom is 0.0976 e. The van der Waals surface area contributed by atoms with Gasteiger partial charge in [0.05, 0.1) is 18.1 Å². The summed E-state index contributed by atoms with van der Waals surface area (Å²) in [5, 5.41) is 13.7. The summed E-state index contributed by atoms with van der Waals surface area (Å²) >= 11 is 0. The van der Waals surface area contributed by atoms with Crippen LogP contribution in [0.2, 0.25) is 0 Å². The monoisotopic (exact) mass is 181 g/mol. The van der Waals surface area contributed by atoms with Gasteiger partial charge in [0, 0.05) is 18.0 Å². The first-order valence-electron chi connectivity index (χ1n) is 4.69. The van der Waals surface area contributed by atoms with Crippen molar-refractivity contribution in [3.05, 3.63) is 24.2 Å². The Morgan fingerprint density at radius 1 is 1.69 bits per heavy atom. The summed E-state index contributed by atoms with van der Waals surface area (Å²) in [5.41, 5.74) is 0.208. The molecule has 72 valence electrons. The predicted octanol–water partition coefficient (Wildman–Crippen LogP) is 1.10. The summed E-state index contributed by atoms with van der Waals surface area (Å²) in [6.07, 6.45) is 4.01. The highest BCUT2D eigenvalue weighted by Gasteiger charge is 2.38. The van der Waals surface area contributed by atoms with Crippen LogP contribution in [0.4, 0.5) is 0 Å². The Morgan fingerprint density at radius 3 is 3.15 bits per heavy atom. The van der Waals surface area contributed by atoms with Crippen LogP contribution in [0.1, 0.15) is 18.9 Å². The molecule has 2 rings (SSSR count). The lowest BCUT2D eigenvalue weighted by Gasteiger charge is -2.37. The fourth-order valence-electron chi connectivity index (χ4n) is 1.95. The van der Waals surface area contributed by atoms with Crippen molar-refractivity contribution < 1.29 is 9.52 Å². The predicted molar refractivity (Wildman–Crippen MR) is 49.3 cm³/mol. The highest BCUT2D eigenvalue weighted by atomic mass is 16.3. The summed E-state index contributed by atoms with van der Waals surface area (Å²) < 4.78 is 5.00. The number of aliphatic hydroxyl groups is 1. The van der Waals surface area contributed by atoms with Crippen molar-refractivity contribution in [3.8, 4) is 0 Å². The lowest BCUT2D eigenvalue weighted by molar-refractivity contribution is -0.0396. The normalized spacial score (nSPS) is 34.8. The van der Waals surface area contributed by atoms with E-state index in [1.807, 2.05) is 6.07 Å². The van der Waals surface area contributed by atoms with E-state index in [1.54, 1.807) is 12.5 Å². The molecular formula is C10H15NO2. The standard InChI is InChI=1S/C10H15NO2/c1-8-6-11-4-3-10(8,12)9-2-5-13-7-9/h2,5,7-8,11-12H,3-4,6H2,1H3. The molecule has 0 aromatic carbocycles. The molecule has 2 atom stereocenters. The van der Waals surface area contributed by atoms with Crippen LogP contribution in [0.25, 0.3) is 0 Å². The van der Waals surface area contributed by atoms with Gasteiger partial charge < -0.3 is 14.8 Å². The molecule has 1 fully saturated rings. The zero-order valence-electron chi connectivity index (χ0n) is 7.79. The topological polar surface area (TPSA) is 45.4 Å². The highest BCUT2D eigenvalue weighted by Crippen LogP contribution is 2.34. The van der Waals surface area contributed by atoms with Crippen LogP contribution in [0.3, 0.4) is 0 Å². The van der Waals surface area contributed by atoms with E-state index in [2.05, 4.69) is 12.2 Å². The van der Waals surface area contributed by atoms with E-state index < -0.39 is 5.60 Å². The van der Waals surface area contributed by atoms with Gasteiger partial charge in [-0.25, -0.2) is 0 Å². The Kier molecular flexibility index (Phi) is 2.14. The molecule has 13 heavy (non-hydrogen) atoms. The third kappa shape index (κ3) is 1.38. The van der Waals surface area contributed by atoms with E-state index >= 15 is 0 Å². The molecule has 0 aliphatic carbocycles. The minimum Gasteiger partial charge on any atom is -0.472 e. The van der Waals surface area contributed by atoms with E-state index in [4.69, 9.17) is 4.42 Å². The van der Waals surface area contributed by atoms with Crippen molar-refractivity contribution in [1.82, 2.24) is 5.32 Å². The Balaban J connectivity index is 2.27. The molecule has 2 heterocycles. The maximum atomic E-state index is 10.4. The molecule has 3 nitrogen and oxygen atoms in total. The SMILES string of the molecule is CC1CNCCC1(O)c1ccoc1. The van der Waals surface area contributed by atoms with Gasteiger partial charge in [-0.05, 0) is 19.0 Å². The second-order valence-electron chi connectivity index (χ2n) is 3.79. The van der Waals surface area contributed by atoms with Crippen molar-refractivity contribution in [2.75, 3.05) is 13.1 Å². The van der Waals surface area contributed by atoms with Gasteiger partial charge in [0.15, 0.2) is 0 Å². The summed E-state index contributed by atoms with van der Waals surface area (Å²) in [6.45, 7) is 3.78. The van der Waals surface area contributed by atoms with Crippen LogP contribution in [-0.2, 0) is 5.60 Å². The quantitative estimate of drug-likeness (QED) is 0.682. The molecule has 0 radical (unpaired) electrons. The number of nitrogens with one attached hydrogen (secondary N) is 1. The van der Waals surface area contributed by atoms with E-state index in [9.17, 15) is 5.11 Å². The Labute approximate surface area is 77.8 Å². The number of furan rings is 1. The lowest BCUT2D eigenvalue weighted by atomic mass is 9.79. The number of piperidine rings is 1. The maximum absolute atomic E-state index is 10.4. The van der Waals surface area contributed by atoms with E-state index in [1.165, 1.54) is 0 Å². The van der Waals surface area contributed by atoms with Crippen molar-refractivity contribution in [2.24, 2.45) is 5.92 Å².